The Morgan fingerprint density at radius 1 is 1.33 bits per heavy atom. The van der Waals surface area contributed by atoms with Crippen LogP contribution in [-0.2, 0) is 9.59 Å². The average molecular weight is 231 g/mol. The van der Waals surface area contributed by atoms with Crippen LogP contribution in [0.15, 0.2) is 0 Å². The summed E-state index contributed by atoms with van der Waals surface area (Å²) in [6.45, 7) is 9.11. The van der Waals surface area contributed by atoms with Crippen molar-refractivity contribution in [2.75, 3.05) is 11.5 Å². The van der Waals surface area contributed by atoms with E-state index in [1.54, 1.807) is 11.8 Å². The van der Waals surface area contributed by atoms with Gasteiger partial charge in [0.2, 0.25) is 5.91 Å². The molecule has 0 spiro atoms. The second-order valence-corrected chi connectivity index (χ2v) is 5.85. The minimum atomic E-state index is -0.401. The van der Waals surface area contributed by atoms with Crippen LogP contribution >= 0.6 is 11.8 Å². The number of Topliss-reactive ketones (excluding diaryl/α,β-unsaturated/α-hetero) is 1. The van der Waals surface area contributed by atoms with Gasteiger partial charge in [-0.25, -0.2) is 0 Å². The smallest absolute Gasteiger partial charge is 0.217 e. The van der Waals surface area contributed by atoms with Crippen molar-refractivity contribution in [3.05, 3.63) is 0 Å². The number of hydrogen-bond donors (Lipinski definition) is 1. The van der Waals surface area contributed by atoms with E-state index in [1.165, 1.54) is 6.92 Å². The van der Waals surface area contributed by atoms with E-state index in [2.05, 4.69) is 5.32 Å². The first-order chi connectivity index (χ1) is 6.79. The van der Waals surface area contributed by atoms with Crippen LogP contribution < -0.4 is 5.32 Å². The van der Waals surface area contributed by atoms with Gasteiger partial charge in [-0.3, -0.25) is 9.59 Å². The van der Waals surface area contributed by atoms with E-state index in [0.29, 0.717) is 5.75 Å². The first-order valence-electron chi connectivity index (χ1n) is 5.18. The summed E-state index contributed by atoms with van der Waals surface area (Å²) in [6, 6.07) is -0.354. The summed E-state index contributed by atoms with van der Waals surface area (Å²) in [6.07, 6.45) is 0. The van der Waals surface area contributed by atoms with Crippen molar-refractivity contribution >= 4 is 23.5 Å². The molecule has 88 valence electrons. The van der Waals surface area contributed by atoms with E-state index < -0.39 is 5.41 Å². The molecule has 0 aromatic carbocycles. The minimum Gasteiger partial charge on any atom is -0.346 e. The van der Waals surface area contributed by atoms with Crippen molar-refractivity contribution in [1.29, 1.82) is 0 Å². The number of rotatable bonds is 5. The lowest BCUT2D eigenvalue weighted by atomic mass is 9.87. The van der Waals surface area contributed by atoms with Gasteiger partial charge in [0.05, 0.1) is 6.04 Å². The van der Waals surface area contributed by atoms with E-state index in [4.69, 9.17) is 0 Å². The fourth-order valence-corrected chi connectivity index (χ4v) is 1.89. The van der Waals surface area contributed by atoms with Crippen LogP contribution in [-0.4, -0.2) is 29.2 Å². The molecule has 3 nitrogen and oxygen atoms in total. The number of hydrogen-bond acceptors (Lipinski definition) is 3. The van der Waals surface area contributed by atoms with Crippen molar-refractivity contribution in [1.82, 2.24) is 5.32 Å². The molecule has 1 amide bonds. The minimum absolute atomic E-state index is 0.0960. The van der Waals surface area contributed by atoms with E-state index in [9.17, 15) is 9.59 Å². The Balaban J connectivity index is 4.47. The number of nitrogens with one attached hydrogen (secondary N) is 1. The van der Waals surface area contributed by atoms with E-state index in [1.807, 2.05) is 27.7 Å². The molecule has 1 N–H and O–H groups in total. The zero-order valence-corrected chi connectivity index (χ0v) is 11.0. The lowest BCUT2D eigenvalue weighted by Crippen LogP contribution is -2.46. The third-order valence-corrected chi connectivity index (χ3v) is 2.90. The first-order valence-corrected chi connectivity index (χ1v) is 6.33. The Morgan fingerprint density at radius 2 is 1.87 bits per heavy atom. The summed E-state index contributed by atoms with van der Waals surface area (Å²) in [5, 5.41) is 2.71. The molecule has 0 heterocycles. The maximum absolute atomic E-state index is 12.0. The highest BCUT2D eigenvalue weighted by Gasteiger charge is 2.29. The number of thioether (sulfide) groups is 1. The van der Waals surface area contributed by atoms with Crippen LogP contribution in [0, 0.1) is 5.41 Å². The molecule has 0 aliphatic carbocycles. The highest BCUT2D eigenvalue weighted by molar-refractivity contribution is 7.99. The van der Waals surface area contributed by atoms with Gasteiger partial charge in [0.15, 0.2) is 5.78 Å². The summed E-state index contributed by atoms with van der Waals surface area (Å²) in [5.74, 6) is 1.56. The maximum atomic E-state index is 12.0. The van der Waals surface area contributed by atoms with Crippen LogP contribution in [0.2, 0.25) is 0 Å². The van der Waals surface area contributed by atoms with Gasteiger partial charge in [-0.2, -0.15) is 11.8 Å². The summed E-state index contributed by atoms with van der Waals surface area (Å²) in [7, 11) is 0. The van der Waals surface area contributed by atoms with Crippen LogP contribution in [0.4, 0.5) is 0 Å². The monoisotopic (exact) mass is 231 g/mol. The van der Waals surface area contributed by atoms with E-state index in [0.717, 1.165) is 5.75 Å². The van der Waals surface area contributed by atoms with Gasteiger partial charge < -0.3 is 5.32 Å². The Hall–Kier alpha value is -0.510. The number of ketones is 1. The molecular weight excluding hydrogens is 210 g/mol. The molecule has 0 unspecified atom stereocenters. The Morgan fingerprint density at radius 3 is 2.20 bits per heavy atom. The Bertz CT molecular complexity index is 233. The van der Waals surface area contributed by atoms with Crippen molar-refractivity contribution in [3.8, 4) is 0 Å². The molecule has 0 bridgehead atoms. The van der Waals surface area contributed by atoms with Gasteiger partial charge in [-0.1, -0.05) is 27.7 Å². The van der Waals surface area contributed by atoms with Gasteiger partial charge in [0, 0.05) is 18.1 Å². The molecule has 15 heavy (non-hydrogen) atoms. The lowest BCUT2D eigenvalue weighted by Gasteiger charge is -2.24. The van der Waals surface area contributed by atoms with Gasteiger partial charge in [-0.15, -0.1) is 0 Å². The fraction of sp³-hybridized carbons (Fsp3) is 0.818. The standard InChI is InChI=1S/C11H21NO2S/c1-6-15-7-9(12-8(2)13)10(14)11(3,4)5/h9H,6-7H2,1-5H3,(H,12,13)/t9-/m1/s1. The van der Waals surface area contributed by atoms with Crippen LogP contribution in [0.1, 0.15) is 34.6 Å². The van der Waals surface area contributed by atoms with Crippen molar-refractivity contribution in [2.45, 2.75) is 40.7 Å². The highest BCUT2D eigenvalue weighted by atomic mass is 32.2. The third-order valence-electron chi connectivity index (χ3n) is 1.92. The molecule has 0 saturated heterocycles. The number of carbonyl (C=O) groups excluding carboxylic acids is 2. The molecule has 0 saturated carbocycles. The zero-order valence-electron chi connectivity index (χ0n) is 10.2. The maximum Gasteiger partial charge on any atom is 0.217 e. The molecule has 0 aromatic rings. The van der Waals surface area contributed by atoms with Crippen LogP contribution in [0.3, 0.4) is 0 Å². The molecular formula is C11H21NO2S. The largest absolute Gasteiger partial charge is 0.346 e. The molecule has 4 heteroatoms. The van der Waals surface area contributed by atoms with Crippen LogP contribution in [0.5, 0.6) is 0 Å². The summed E-state index contributed by atoms with van der Waals surface area (Å²) in [4.78, 5) is 23.0. The number of carbonyl (C=O) groups is 2. The van der Waals surface area contributed by atoms with Gasteiger partial charge in [0.1, 0.15) is 0 Å². The van der Waals surface area contributed by atoms with Crippen molar-refractivity contribution in [2.24, 2.45) is 5.41 Å². The highest BCUT2D eigenvalue weighted by Crippen LogP contribution is 2.18. The summed E-state index contributed by atoms with van der Waals surface area (Å²) >= 11 is 1.67. The molecule has 0 aromatic heterocycles. The Labute approximate surface area is 96.4 Å². The van der Waals surface area contributed by atoms with E-state index in [-0.39, 0.29) is 17.7 Å². The molecule has 0 radical (unpaired) electrons. The SMILES string of the molecule is CCSC[C@@H](NC(C)=O)C(=O)C(C)(C)C. The third kappa shape index (κ3) is 5.82. The topological polar surface area (TPSA) is 46.2 Å². The Kier molecular flexibility index (Phi) is 5.95. The predicted octanol–water partition coefficient (Wildman–Crippen LogP) is 1.86. The first kappa shape index (κ1) is 14.5. The van der Waals surface area contributed by atoms with Gasteiger partial charge in [0.25, 0.3) is 0 Å². The summed E-state index contributed by atoms with van der Waals surface area (Å²) in [5.41, 5.74) is -0.401. The quantitative estimate of drug-likeness (QED) is 0.785. The fourth-order valence-electron chi connectivity index (χ4n) is 1.19. The lowest BCUT2D eigenvalue weighted by molar-refractivity contribution is -0.131. The molecule has 0 aliphatic rings. The molecule has 1 atom stereocenters. The molecule has 0 aliphatic heterocycles. The summed E-state index contributed by atoms with van der Waals surface area (Å²) < 4.78 is 0. The van der Waals surface area contributed by atoms with Crippen molar-refractivity contribution < 1.29 is 9.59 Å². The number of amides is 1. The second kappa shape index (κ2) is 6.16. The van der Waals surface area contributed by atoms with Crippen molar-refractivity contribution in [3.63, 3.8) is 0 Å². The molecule has 0 rings (SSSR count). The van der Waals surface area contributed by atoms with Gasteiger partial charge >= 0.3 is 0 Å². The van der Waals surface area contributed by atoms with E-state index >= 15 is 0 Å². The molecule has 0 fully saturated rings. The zero-order chi connectivity index (χ0) is 12.1. The van der Waals surface area contributed by atoms with Crippen LogP contribution in [0.25, 0.3) is 0 Å². The average Bonchev–Trinajstić information content (AvgIpc) is 2.09. The normalized spacial score (nSPS) is 13.4. The predicted molar refractivity (Wildman–Crippen MR) is 65.1 cm³/mol. The second-order valence-electron chi connectivity index (χ2n) is 4.53. The van der Waals surface area contributed by atoms with Gasteiger partial charge in [-0.05, 0) is 5.75 Å².